The van der Waals surface area contributed by atoms with E-state index in [4.69, 9.17) is 4.74 Å². The van der Waals surface area contributed by atoms with E-state index in [9.17, 15) is 9.59 Å². The maximum Gasteiger partial charge on any atom is 0.294 e. The number of hydrogen-bond donors (Lipinski definition) is 0. The summed E-state index contributed by atoms with van der Waals surface area (Å²) in [6.45, 7) is 9.06. The Labute approximate surface area is 166 Å². The molecule has 0 atom stereocenters. The highest BCUT2D eigenvalue weighted by Gasteiger charge is 2.35. The first kappa shape index (κ1) is 21.5. The third-order valence-corrected chi connectivity index (χ3v) is 5.27. The van der Waals surface area contributed by atoms with Crippen molar-refractivity contribution < 1.29 is 14.3 Å². The fourth-order valence-electron chi connectivity index (χ4n) is 2.82. The molecule has 0 unspecified atom stereocenters. The Balaban J connectivity index is 2.05. The molecule has 1 fully saturated rings. The molecule has 1 aromatic rings. The minimum atomic E-state index is -0.197. The number of ether oxygens (including phenoxy) is 1. The molecule has 2 amide bonds. The molecule has 0 N–H and O–H groups in total. The second-order valence-corrected chi connectivity index (χ2v) is 7.57. The number of carbonyl (C=O) groups excluding carboxylic acids is 2. The molecule has 2 rings (SSSR count). The lowest BCUT2D eigenvalue weighted by Gasteiger charge is -2.26. The molecule has 6 heteroatoms. The zero-order chi connectivity index (χ0) is 19.6. The molecular weight excluding hydrogens is 360 g/mol. The molecule has 27 heavy (non-hydrogen) atoms. The van der Waals surface area contributed by atoms with Gasteiger partial charge in [0, 0.05) is 0 Å². The molecular formula is C21H30N2O3S. The first-order valence-corrected chi connectivity index (χ1v) is 10.6. The molecule has 1 saturated heterocycles. The number of hydrogen-bond acceptors (Lipinski definition) is 5. The Hall–Kier alpha value is -1.79. The number of carbonyl (C=O) groups is 2. The molecule has 148 valence electrons. The lowest BCUT2D eigenvalue weighted by atomic mass is 10.2. The van der Waals surface area contributed by atoms with E-state index >= 15 is 0 Å². The van der Waals surface area contributed by atoms with Gasteiger partial charge in [0.05, 0.1) is 18.2 Å². The summed E-state index contributed by atoms with van der Waals surface area (Å²) in [5, 5.41) is -0.185. The maximum atomic E-state index is 12.7. The zero-order valence-electron chi connectivity index (χ0n) is 16.6. The number of imide groups is 1. The number of amides is 2. The summed E-state index contributed by atoms with van der Waals surface area (Å²) in [5.41, 5.74) is 0.887. The van der Waals surface area contributed by atoms with Gasteiger partial charge in [0.1, 0.15) is 5.75 Å². The summed E-state index contributed by atoms with van der Waals surface area (Å²) in [7, 11) is 0. The SMILES string of the molecule is CCCCN(CCCC)CN1C(=O)S/C(=C/c2ccc(OCC)cc2)C1=O. The second kappa shape index (κ2) is 11.1. The summed E-state index contributed by atoms with van der Waals surface area (Å²) in [6, 6.07) is 7.54. The molecule has 0 spiro atoms. The Morgan fingerprint density at radius 1 is 1.04 bits per heavy atom. The summed E-state index contributed by atoms with van der Waals surface area (Å²) in [6.07, 6.45) is 6.12. The largest absolute Gasteiger partial charge is 0.494 e. The van der Waals surface area contributed by atoms with Gasteiger partial charge in [0.25, 0.3) is 11.1 Å². The maximum absolute atomic E-state index is 12.7. The van der Waals surface area contributed by atoms with E-state index < -0.39 is 0 Å². The average Bonchev–Trinajstić information content (AvgIpc) is 2.92. The lowest BCUT2D eigenvalue weighted by Crippen LogP contribution is -2.41. The van der Waals surface area contributed by atoms with E-state index in [0.717, 1.165) is 61.8 Å². The van der Waals surface area contributed by atoms with Crippen molar-refractivity contribution in [2.45, 2.75) is 46.5 Å². The second-order valence-electron chi connectivity index (χ2n) is 6.58. The van der Waals surface area contributed by atoms with E-state index in [2.05, 4.69) is 18.7 Å². The topological polar surface area (TPSA) is 49.9 Å². The predicted molar refractivity (Wildman–Crippen MR) is 112 cm³/mol. The highest BCUT2D eigenvalue weighted by atomic mass is 32.2. The fraction of sp³-hybridized carbons (Fsp3) is 0.524. The summed E-state index contributed by atoms with van der Waals surface area (Å²) in [5.74, 6) is 0.599. The Morgan fingerprint density at radius 2 is 1.67 bits per heavy atom. The van der Waals surface area contributed by atoms with E-state index in [-0.39, 0.29) is 11.1 Å². The van der Waals surface area contributed by atoms with Crippen LogP contribution in [0.1, 0.15) is 52.0 Å². The van der Waals surface area contributed by atoms with E-state index in [1.54, 1.807) is 6.08 Å². The molecule has 0 saturated carbocycles. The van der Waals surface area contributed by atoms with Gasteiger partial charge in [0.15, 0.2) is 0 Å². The minimum Gasteiger partial charge on any atom is -0.494 e. The van der Waals surface area contributed by atoms with E-state index in [1.807, 2.05) is 31.2 Å². The smallest absolute Gasteiger partial charge is 0.294 e. The van der Waals surface area contributed by atoms with Crippen LogP contribution in [-0.4, -0.2) is 47.3 Å². The summed E-state index contributed by atoms with van der Waals surface area (Å²) in [4.78, 5) is 29.2. The first-order chi connectivity index (χ1) is 13.1. The van der Waals surface area contributed by atoms with Crippen LogP contribution in [0.3, 0.4) is 0 Å². The molecule has 1 aliphatic heterocycles. The third-order valence-electron chi connectivity index (χ3n) is 4.36. The van der Waals surface area contributed by atoms with Crippen LogP contribution >= 0.6 is 11.8 Å². The van der Waals surface area contributed by atoms with E-state index in [0.29, 0.717) is 18.2 Å². The van der Waals surface area contributed by atoms with Crippen molar-refractivity contribution in [1.29, 1.82) is 0 Å². The molecule has 1 aliphatic rings. The predicted octanol–water partition coefficient (Wildman–Crippen LogP) is 4.98. The van der Waals surface area contributed by atoms with Gasteiger partial charge in [-0.1, -0.05) is 38.8 Å². The first-order valence-electron chi connectivity index (χ1n) is 9.79. The molecule has 0 aliphatic carbocycles. The standard InChI is InChI=1S/C21H30N2O3S/c1-4-7-13-22(14-8-5-2)16-23-20(24)19(27-21(23)25)15-17-9-11-18(12-10-17)26-6-3/h9-12,15H,4-8,13-14,16H2,1-3H3/b19-15+. The van der Waals surface area contributed by atoms with Crippen molar-refractivity contribution in [3.05, 3.63) is 34.7 Å². The summed E-state index contributed by atoms with van der Waals surface area (Å²) >= 11 is 1.02. The third kappa shape index (κ3) is 6.40. The van der Waals surface area contributed by atoms with Crippen molar-refractivity contribution >= 4 is 29.0 Å². The van der Waals surface area contributed by atoms with Crippen LogP contribution in [0.4, 0.5) is 4.79 Å². The Kier molecular flexibility index (Phi) is 8.88. The number of thioether (sulfide) groups is 1. The normalized spacial score (nSPS) is 16.0. The van der Waals surface area contributed by atoms with Gasteiger partial charge in [-0.05, 0) is 68.4 Å². The van der Waals surface area contributed by atoms with E-state index in [1.165, 1.54) is 4.90 Å². The summed E-state index contributed by atoms with van der Waals surface area (Å²) < 4.78 is 5.43. The Bertz CT molecular complexity index is 650. The van der Waals surface area contributed by atoms with Gasteiger partial charge in [-0.2, -0.15) is 0 Å². The van der Waals surface area contributed by atoms with Gasteiger partial charge >= 0.3 is 0 Å². The molecule has 5 nitrogen and oxygen atoms in total. The van der Waals surface area contributed by atoms with Crippen molar-refractivity contribution in [2.75, 3.05) is 26.4 Å². The van der Waals surface area contributed by atoms with Crippen LogP contribution in [0.5, 0.6) is 5.75 Å². The number of unbranched alkanes of at least 4 members (excludes halogenated alkanes) is 2. The minimum absolute atomic E-state index is 0.185. The van der Waals surface area contributed by atoms with Gasteiger partial charge in [0.2, 0.25) is 0 Å². The number of rotatable bonds is 11. The fourth-order valence-corrected chi connectivity index (χ4v) is 3.65. The van der Waals surface area contributed by atoms with Crippen molar-refractivity contribution in [3.63, 3.8) is 0 Å². The van der Waals surface area contributed by atoms with Crippen LogP contribution < -0.4 is 4.74 Å². The molecule has 1 aromatic carbocycles. The zero-order valence-corrected chi connectivity index (χ0v) is 17.4. The molecule has 1 heterocycles. The highest BCUT2D eigenvalue weighted by molar-refractivity contribution is 8.18. The number of benzene rings is 1. The van der Waals surface area contributed by atoms with Crippen LogP contribution in [0.2, 0.25) is 0 Å². The van der Waals surface area contributed by atoms with Gasteiger partial charge in [-0.3, -0.25) is 19.4 Å². The Morgan fingerprint density at radius 3 is 2.22 bits per heavy atom. The monoisotopic (exact) mass is 390 g/mol. The molecule has 0 bridgehead atoms. The van der Waals surface area contributed by atoms with Gasteiger partial charge in [-0.15, -0.1) is 0 Å². The van der Waals surface area contributed by atoms with Crippen molar-refractivity contribution in [1.82, 2.24) is 9.80 Å². The molecule has 0 aromatic heterocycles. The van der Waals surface area contributed by atoms with Crippen molar-refractivity contribution in [3.8, 4) is 5.75 Å². The van der Waals surface area contributed by atoms with Crippen molar-refractivity contribution in [2.24, 2.45) is 0 Å². The quantitative estimate of drug-likeness (QED) is 0.499. The number of nitrogens with zero attached hydrogens (tertiary/aromatic N) is 2. The average molecular weight is 391 g/mol. The van der Waals surface area contributed by atoms with Crippen LogP contribution in [-0.2, 0) is 4.79 Å². The lowest BCUT2D eigenvalue weighted by molar-refractivity contribution is -0.124. The van der Waals surface area contributed by atoms with Gasteiger partial charge in [-0.25, -0.2) is 0 Å². The highest BCUT2D eigenvalue weighted by Crippen LogP contribution is 2.32. The van der Waals surface area contributed by atoms with Gasteiger partial charge < -0.3 is 4.74 Å². The van der Waals surface area contributed by atoms with Crippen LogP contribution in [0, 0.1) is 0 Å². The van der Waals surface area contributed by atoms with Crippen LogP contribution in [0.15, 0.2) is 29.2 Å². The van der Waals surface area contributed by atoms with Crippen LogP contribution in [0.25, 0.3) is 6.08 Å². The molecule has 0 radical (unpaired) electrons.